The van der Waals surface area contributed by atoms with Gasteiger partial charge in [0.25, 0.3) is 0 Å². The Bertz CT molecular complexity index is 1340. The third-order valence-corrected chi connectivity index (χ3v) is 13.6. The minimum Gasteiger partial charge on any atom is -0.458 e. The van der Waals surface area contributed by atoms with Crippen molar-refractivity contribution in [2.45, 2.75) is 145 Å². The monoisotopic (exact) mass is 696 g/mol. The predicted octanol–water partition coefficient (Wildman–Crippen LogP) is -0.829. The lowest BCUT2D eigenvalue weighted by molar-refractivity contribution is -0.357. The summed E-state index contributed by atoms with van der Waals surface area (Å²) in [6.45, 7) is 5.43. The SMILES string of the molecule is CC1OC(OC2C=C3CCC4C(C(O)CC5(C)C(C6=CC(=O)OC6)CCC45O)C3(C)CC2)C(O)C(O)C1OC1OC(CO)C(O)C(O)C1O. The molecular weight excluding hydrogens is 644 g/mol. The summed E-state index contributed by atoms with van der Waals surface area (Å²) in [4.78, 5) is 11.9. The first-order valence-corrected chi connectivity index (χ1v) is 17.7. The first kappa shape index (κ1) is 35.9. The molecule has 0 aromatic rings. The molecule has 0 bridgehead atoms. The number of fused-ring (bicyclic) bond motifs is 5. The van der Waals surface area contributed by atoms with E-state index in [4.69, 9.17) is 23.7 Å². The first-order valence-electron chi connectivity index (χ1n) is 17.7. The van der Waals surface area contributed by atoms with Crippen LogP contribution < -0.4 is 0 Å². The van der Waals surface area contributed by atoms with Crippen LogP contribution in [0.4, 0.5) is 0 Å². The average molecular weight is 697 g/mol. The third-order valence-electron chi connectivity index (χ3n) is 13.6. The van der Waals surface area contributed by atoms with Crippen LogP contribution in [0.2, 0.25) is 0 Å². The van der Waals surface area contributed by atoms with E-state index in [0.717, 1.165) is 17.6 Å². The molecule has 3 heterocycles. The molecule has 18 unspecified atom stereocenters. The fourth-order valence-corrected chi connectivity index (χ4v) is 10.9. The molecule has 0 radical (unpaired) electrons. The van der Waals surface area contributed by atoms with Crippen LogP contribution in [-0.2, 0) is 28.5 Å². The van der Waals surface area contributed by atoms with Crippen LogP contribution >= 0.6 is 0 Å². The number of ether oxygens (including phenoxy) is 5. The molecule has 0 amide bonds. The number of cyclic esters (lactones) is 1. The highest BCUT2D eigenvalue weighted by atomic mass is 16.7. The van der Waals surface area contributed by atoms with E-state index in [9.17, 15) is 45.6 Å². The number of hydrogen-bond acceptors (Lipinski definition) is 14. The second-order valence-corrected chi connectivity index (χ2v) is 16.0. The minimum absolute atomic E-state index is 0.0321. The van der Waals surface area contributed by atoms with Crippen LogP contribution in [0, 0.1) is 28.6 Å². The van der Waals surface area contributed by atoms with Gasteiger partial charge in [0.2, 0.25) is 0 Å². The van der Waals surface area contributed by atoms with Crippen molar-refractivity contribution in [2.24, 2.45) is 28.6 Å². The molecule has 49 heavy (non-hydrogen) atoms. The molecular formula is C35H52O14. The van der Waals surface area contributed by atoms with Gasteiger partial charge >= 0.3 is 5.97 Å². The number of esters is 1. The van der Waals surface area contributed by atoms with Crippen molar-refractivity contribution in [3.05, 3.63) is 23.3 Å². The second kappa shape index (κ2) is 12.8. The van der Waals surface area contributed by atoms with Crippen molar-refractivity contribution in [1.29, 1.82) is 0 Å². The molecule has 8 N–H and O–H groups in total. The zero-order valence-electron chi connectivity index (χ0n) is 28.2. The number of hydrogen-bond donors (Lipinski definition) is 8. The number of carbonyl (C=O) groups is 1. The van der Waals surface area contributed by atoms with Crippen molar-refractivity contribution in [2.75, 3.05) is 13.2 Å². The van der Waals surface area contributed by atoms with Gasteiger partial charge in [-0.15, -0.1) is 0 Å². The Hall–Kier alpha value is -1.53. The highest BCUT2D eigenvalue weighted by Gasteiger charge is 2.69. The van der Waals surface area contributed by atoms with Gasteiger partial charge in [-0.25, -0.2) is 4.79 Å². The van der Waals surface area contributed by atoms with Gasteiger partial charge in [0.1, 0.15) is 49.3 Å². The van der Waals surface area contributed by atoms with Crippen molar-refractivity contribution < 1.29 is 69.3 Å². The van der Waals surface area contributed by atoms with Crippen LogP contribution in [-0.4, -0.2) is 139 Å². The molecule has 7 aliphatic rings. The Morgan fingerprint density at radius 2 is 1.61 bits per heavy atom. The minimum atomic E-state index is -1.68. The Labute approximate surface area is 285 Å². The van der Waals surface area contributed by atoms with Gasteiger partial charge < -0.3 is 64.5 Å². The number of rotatable bonds is 6. The van der Waals surface area contributed by atoms with Crippen LogP contribution in [0.5, 0.6) is 0 Å². The topological polar surface area (TPSA) is 225 Å². The Morgan fingerprint density at radius 1 is 0.898 bits per heavy atom. The van der Waals surface area contributed by atoms with Crippen molar-refractivity contribution in [3.63, 3.8) is 0 Å². The summed E-state index contributed by atoms with van der Waals surface area (Å²) in [5.41, 5.74) is 0.0864. The standard InChI is InChI=1S/C35H52O14/c1-15-30(49-32-28(42)26(40)25(39)22(13-36)48-32)27(41)29(43)31(46-15)47-18-6-8-33(2)17(11-18)4-5-20-24(33)21(37)12-34(3)19(7-9-35(20,34)44)16-10-23(38)45-14-16/h10-11,15,18-22,24-32,36-37,39-44H,4-9,12-14H2,1-3H3. The summed E-state index contributed by atoms with van der Waals surface area (Å²) in [5, 5.41) is 86.5. The van der Waals surface area contributed by atoms with Gasteiger partial charge in [0, 0.05) is 11.5 Å². The van der Waals surface area contributed by atoms with Crippen molar-refractivity contribution >= 4 is 5.97 Å². The largest absolute Gasteiger partial charge is 0.458 e. The molecule has 5 fully saturated rings. The molecule has 4 aliphatic carbocycles. The number of aliphatic hydroxyl groups is 8. The molecule has 18 atom stereocenters. The van der Waals surface area contributed by atoms with E-state index >= 15 is 0 Å². The molecule has 0 aromatic carbocycles. The van der Waals surface area contributed by atoms with E-state index in [2.05, 4.69) is 13.8 Å². The summed E-state index contributed by atoms with van der Waals surface area (Å²) >= 11 is 0. The van der Waals surface area contributed by atoms with E-state index in [-0.39, 0.29) is 35.7 Å². The first-order chi connectivity index (χ1) is 23.1. The summed E-state index contributed by atoms with van der Waals surface area (Å²) in [6, 6.07) is 0. The second-order valence-electron chi connectivity index (χ2n) is 16.0. The van der Waals surface area contributed by atoms with Gasteiger partial charge in [0.05, 0.1) is 30.5 Å². The highest BCUT2D eigenvalue weighted by molar-refractivity contribution is 5.85. The van der Waals surface area contributed by atoms with Gasteiger partial charge in [-0.3, -0.25) is 0 Å². The van der Waals surface area contributed by atoms with Crippen LogP contribution in [0.1, 0.15) is 65.7 Å². The maximum absolute atomic E-state index is 12.5. The zero-order valence-corrected chi connectivity index (χ0v) is 28.2. The van der Waals surface area contributed by atoms with Crippen LogP contribution in [0.15, 0.2) is 23.3 Å². The molecule has 0 spiro atoms. The lowest BCUT2D eigenvalue weighted by Crippen LogP contribution is -2.65. The van der Waals surface area contributed by atoms with Crippen LogP contribution in [0.3, 0.4) is 0 Å². The normalized spacial score (nSPS) is 54.3. The lowest BCUT2D eigenvalue weighted by atomic mass is 9.44. The maximum atomic E-state index is 12.5. The predicted molar refractivity (Wildman–Crippen MR) is 167 cm³/mol. The Kier molecular flexibility index (Phi) is 9.40. The molecule has 14 nitrogen and oxygen atoms in total. The van der Waals surface area contributed by atoms with E-state index in [1.165, 1.54) is 0 Å². The summed E-state index contributed by atoms with van der Waals surface area (Å²) in [7, 11) is 0. The van der Waals surface area contributed by atoms with Gasteiger partial charge in [-0.05, 0) is 80.6 Å². The smallest absolute Gasteiger partial charge is 0.331 e. The fourth-order valence-electron chi connectivity index (χ4n) is 10.9. The molecule has 3 aliphatic heterocycles. The molecule has 276 valence electrons. The Morgan fingerprint density at radius 3 is 2.31 bits per heavy atom. The van der Waals surface area contributed by atoms with E-state index in [1.807, 2.05) is 6.08 Å². The molecule has 0 aromatic heterocycles. The molecule has 14 heteroatoms. The van der Waals surface area contributed by atoms with E-state index < -0.39 is 91.2 Å². The Balaban J connectivity index is 1.03. The summed E-state index contributed by atoms with van der Waals surface area (Å²) in [6.07, 6.45) is -7.03. The quantitative estimate of drug-likeness (QED) is 0.125. The van der Waals surface area contributed by atoms with Crippen molar-refractivity contribution in [1.82, 2.24) is 0 Å². The molecule has 7 rings (SSSR count). The van der Waals surface area contributed by atoms with Gasteiger partial charge in [-0.1, -0.05) is 25.5 Å². The summed E-state index contributed by atoms with van der Waals surface area (Å²) in [5.74, 6) is -0.669. The zero-order chi connectivity index (χ0) is 35.2. The maximum Gasteiger partial charge on any atom is 0.331 e. The van der Waals surface area contributed by atoms with E-state index in [0.29, 0.717) is 38.5 Å². The van der Waals surface area contributed by atoms with E-state index in [1.54, 1.807) is 13.0 Å². The molecule has 2 saturated heterocycles. The average Bonchev–Trinajstić information content (AvgIpc) is 3.60. The molecule has 3 saturated carbocycles. The van der Waals surface area contributed by atoms with Gasteiger partial charge in [-0.2, -0.15) is 0 Å². The van der Waals surface area contributed by atoms with Gasteiger partial charge in [0.15, 0.2) is 12.6 Å². The summed E-state index contributed by atoms with van der Waals surface area (Å²) < 4.78 is 28.6. The number of allylic oxidation sites excluding steroid dienone is 1. The lowest BCUT2D eigenvalue weighted by Gasteiger charge is -2.63. The van der Waals surface area contributed by atoms with Crippen LogP contribution in [0.25, 0.3) is 0 Å². The highest BCUT2D eigenvalue weighted by Crippen LogP contribution is 2.69. The number of carbonyl (C=O) groups excluding carboxylic acids is 1. The number of aliphatic hydroxyl groups excluding tert-OH is 7. The van der Waals surface area contributed by atoms with Crippen molar-refractivity contribution in [3.8, 4) is 0 Å². The fraction of sp³-hybridized carbons (Fsp3) is 0.857. The third kappa shape index (κ3) is 5.57.